The molecular weight excluding hydrogens is 941 g/mol. The van der Waals surface area contributed by atoms with Crippen molar-refractivity contribution in [1.82, 2.24) is 0 Å². The molecule has 0 radical (unpaired) electrons. The molecule has 1 saturated heterocycles. The SMILES string of the molecule is O=C(OC1C2CC3C1OC(=O)C3C2C(=O)Oc1ccc(S(=O)(=O)[O-])c(C2C3CC4CC(C3)CC2C4)c1)c1c(I)cc(I)cc1I. The highest BCUT2D eigenvalue weighted by Crippen LogP contribution is 2.61. The van der Waals surface area contributed by atoms with Crippen LogP contribution >= 0.6 is 67.8 Å². The van der Waals surface area contributed by atoms with E-state index in [9.17, 15) is 27.4 Å². The number of rotatable bonds is 6. The van der Waals surface area contributed by atoms with Gasteiger partial charge in [0.1, 0.15) is 28.1 Å². The zero-order valence-corrected chi connectivity index (χ0v) is 31.0. The fourth-order valence-corrected chi connectivity index (χ4v) is 14.8. The smallest absolute Gasteiger partial charge is 0.340 e. The third-order valence-electron chi connectivity index (χ3n) is 11.3. The summed E-state index contributed by atoms with van der Waals surface area (Å²) in [6, 6.07) is 7.95. The van der Waals surface area contributed by atoms with E-state index in [0.717, 1.165) is 36.4 Å². The number of fused-ring (bicyclic) bond motifs is 1. The van der Waals surface area contributed by atoms with Crippen LogP contribution in [0.2, 0.25) is 0 Å². The second-order valence-corrected chi connectivity index (χ2v) is 18.6. The standard InChI is InChI=1S/C32H29I3O9S/c33-16-8-21(34)27(22(35)9-16)32(38)44-29-19-11-20-26(31(37)43-28(20)29)25(19)30(36)42-17-1-2-23(45(39,40)41)18(10-17)24-14-4-12-3-13(6-14)7-15(24)5-12/h1-2,8-10,12-15,19-20,24-26,28-29H,3-7,11H2,(H,39,40,41)/p-1. The van der Waals surface area contributed by atoms with Crippen molar-refractivity contribution < 1.29 is 41.6 Å². The van der Waals surface area contributed by atoms with Crippen LogP contribution in [0.4, 0.5) is 0 Å². The average Bonchev–Trinajstić information content (AvgIpc) is 3.55. The van der Waals surface area contributed by atoms with Crippen LogP contribution in [0, 0.1) is 58.1 Å². The van der Waals surface area contributed by atoms with Gasteiger partial charge in [0.25, 0.3) is 0 Å². The Hall–Kier alpha value is -1.05. The van der Waals surface area contributed by atoms with Crippen LogP contribution in [-0.2, 0) is 29.2 Å². The van der Waals surface area contributed by atoms with E-state index < -0.39 is 58.0 Å². The van der Waals surface area contributed by atoms with Gasteiger partial charge in [0.15, 0.2) is 0 Å². The van der Waals surface area contributed by atoms with Crippen LogP contribution in [0.25, 0.3) is 0 Å². The maximum absolute atomic E-state index is 13.8. The van der Waals surface area contributed by atoms with Gasteiger partial charge in [-0.25, -0.2) is 13.2 Å². The van der Waals surface area contributed by atoms with E-state index in [1.54, 1.807) is 6.07 Å². The van der Waals surface area contributed by atoms with Gasteiger partial charge in [-0.05, 0) is 172 Å². The molecule has 1 heterocycles. The molecule has 6 unspecified atom stereocenters. The Kier molecular flexibility index (Phi) is 7.81. The summed E-state index contributed by atoms with van der Waals surface area (Å²) in [6.07, 6.45) is 4.43. The van der Waals surface area contributed by atoms with E-state index in [2.05, 4.69) is 67.8 Å². The third kappa shape index (κ3) is 5.18. The Morgan fingerprint density at radius 1 is 0.867 bits per heavy atom. The molecular formula is C32H28I3O9S-. The molecule has 6 aliphatic carbocycles. The number of hydrogen-bond donors (Lipinski definition) is 0. The summed E-state index contributed by atoms with van der Waals surface area (Å²) in [5, 5.41) is 0. The van der Waals surface area contributed by atoms with Crippen molar-refractivity contribution in [2.75, 3.05) is 0 Å². The van der Waals surface area contributed by atoms with Gasteiger partial charge in [-0.15, -0.1) is 0 Å². The van der Waals surface area contributed by atoms with Crippen molar-refractivity contribution in [1.29, 1.82) is 0 Å². The zero-order chi connectivity index (χ0) is 31.5. The Labute approximate surface area is 301 Å². The summed E-state index contributed by atoms with van der Waals surface area (Å²) in [5.41, 5.74) is 0.885. The topological polar surface area (TPSA) is 136 Å². The highest BCUT2D eigenvalue weighted by Gasteiger charge is 2.70. The summed E-state index contributed by atoms with van der Waals surface area (Å²) in [6.45, 7) is 0. The molecule has 7 aliphatic rings. The lowest BCUT2D eigenvalue weighted by Crippen LogP contribution is -2.44. The number of halogens is 3. The Balaban J connectivity index is 1.07. The van der Waals surface area contributed by atoms with Gasteiger partial charge in [0.2, 0.25) is 0 Å². The summed E-state index contributed by atoms with van der Waals surface area (Å²) < 4.78 is 57.2. The largest absolute Gasteiger partial charge is 0.744 e. The molecule has 2 aromatic carbocycles. The van der Waals surface area contributed by atoms with Crippen LogP contribution in [0.15, 0.2) is 35.2 Å². The van der Waals surface area contributed by atoms with Crippen LogP contribution in [0.3, 0.4) is 0 Å². The van der Waals surface area contributed by atoms with Crippen LogP contribution < -0.4 is 4.74 Å². The summed E-state index contributed by atoms with van der Waals surface area (Å²) >= 11 is 6.39. The molecule has 9 nitrogen and oxygen atoms in total. The van der Waals surface area contributed by atoms with Gasteiger partial charge < -0.3 is 18.8 Å². The first-order valence-corrected chi connectivity index (χ1v) is 19.9. The maximum Gasteiger partial charge on any atom is 0.340 e. The fraction of sp³-hybridized carbons (Fsp3) is 0.531. The quantitative estimate of drug-likeness (QED) is 0.151. The predicted octanol–water partition coefficient (Wildman–Crippen LogP) is 5.88. The van der Waals surface area contributed by atoms with Crippen molar-refractivity contribution in [2.24, 2.45) is 47.3 Å². The van der Waals surface area contributed by atoms with Crippen LogP contribution in [0.1, 0.15) is 60.4 Å². The van der Waals surface area contributed by atoms with Crippen molar-refractivity contribution in [3.8, 4) is 5.75 Å². The first-order chi connectivity index (χ1) is 21.4. The average molecular weight is 969 g/mol. The van der Waals surface area contributed by atoms with Crippen molar-refractivity contribution in [3.05, 3.63) is 52.2 Å². The lowest BCUT2D eigenvalue weighted by molar-refractivity contribution is -0.149. The minimum absolute atomic E-state index is 0.0705. The summed E-state index contributed by atoms with van der Waals surface area (Å²) in [4.78, 5) is 40.0. The number of hydrogen-bond acceptors (Lipinski definition) is 9. The van der Waals surface area contributed by atoms with Gasteiger partial charge >= 0.3 is 17.9 Å². The van der Waals surface area contributed by atoms with Gasteiger partial charge in [0, 0.05) is 22.5 Å². The summed E-state index contributed by atoms with van der Waals surface area (Å²) in [7, 11) is -4.75. The molecule has 1 aliphatic heterocycles. The first-order valence-electron chi connectivity index (χ1n) is 15.2. The normalized spacial score (nSPS) is 37.2. The van der Waals surface area contributed by atoms with E-state index in [0.29, 0.717) is 41.2 Å². The van der Waals surface area contributed by atoms with E-state index in [1.165, 1.54) is 18.6 Å². The number of ether oxygens (including phenoxy) is 3. The number of carbonyl (C=O) groups is 3. The molecule has 45 heavy (non-hydrogen) atoms. The second-order valence-electron chi connectivity index (χ2n) is 13.7. The highest BCUT2D eigenvalue weighted by atomic mass is 127. The number of benzene rings is 2. The van der Waals surface area contributed by atoms with E-state index in [-0.39, 0.29) is 22.5 Å². The maximum atomic E-state index is 13.8. The van der Waals surface area contributed by atoms with Gasteiger partial charge in [-0.1, -0.05) is 0 Å². The molecule has 238 valence electrons. The van der Waals surface area contributed by atoms with Gasteiger partial charge in [0.05, 0.1) is 22.3 Å². The molecule has 2 aromatic rings. The number of carbonyl (C=O) groups excluding carboxylic acids is 3. The van der Waals surface area contributed by atoms with Gasteiger partial charge in [-0.2, -0.15) is 0 Å². The minimum Gasteiger partial charge on any atom is -0.744 e. The second kappa shape index (κ2) is 11.3. The van der Waals surface area contributed by atoms with Crippen molar-refractivity contribution in [2.45, 2.75) is 61.5 Å². The molecule has 13 heteroatoms. The van der Waals surface area contributed by atoms with Crippen molar-refractivity contribution in [3.63, 3.8) is 0 Å². The zero-order valence-electron chi connectivity index (χ0n) is 23.7. The Bertz CT molecular complexity index is 1710. The Morgan fingerprint density at radius 3 is 2.13 bits per heavy atom. The van der Waals surface area contributed by atoms with Crippen LogP contribution in [0.5, 0.6) is 5.75 Å². The molecule has 9 rings (SSSR count). The van der Waals surface area contributed by atoms with Crippen molar-refractivity contribution >= 4 is 95.8 Å². The van der Waals surface area contributed by atoms with Gasteiger partial charge in [-0.3, -0.25) is 9.59 Å². The van der Waals surface area contributed by atoms with E-state index in [4.69, 9.17) is 14.2 Å². The first kappa shape index (κ1) is 31.2. The lowest BCUT2D eigenvalue weighted by atomic mass is 9.51. The highest BCUT2D eigenvalue weighted by molar-refractivity contribution is 14.1. The monoisotopic (exact) mass is 969 g/mol. The molecule has 0 spiro atoms. The Morgan fingerprint density at radius 2 is 1.51 bits per heavy atom. The predicted molar refractivity (Wildman–Crippen MR) is 182 cm³/mol. The van der Waals surface area contributed by atoms with E-state index >= 15 is 0 Å². The molecule has 6 bridgehead atoms. The van der Waals surface area contributed by atoms with E-state index in [1.807, 2.05) is 12.1 Å². The molecule has 7 fully saturated rings. The summed E-state index contributed by atoms with van der Waals surface area (Å²) in [5.74, 6) is -1.94. The molecule has 6 saturated carbocycles. The number of esters is 3. The van der Waals surface area contributed by atoms with Crippen LogP contribution in [-0.4, -0.2) is 43.1 Å². The molecule has 0 N–H and O–H groups in total. The fourth-order valence-electron chi connectivity index (χ4n) is 10.1. The molecule has 6 atom stereocenters. The molecule has 0 amide bonds. The minimum atomic E-state index is -4.75. The molecule has 0 aromatic heterocycles. The third-order valence-corrected chi connectivity index (χ3v) is 14.6. The lowest BCUT2D eigenvalue weighted by Gasteiger charge is -2.55.